The van der Waals surface area contributed by atoms with Crippen LogP contribution in [0.2, 0.25) is 0 Å². The Morgan fingerprint density at radius 3 is 2.50 bits per heavy atom. The van der Waals surface area contributed by atoms with Gasteiger partial charge in [0.15, 0.2) is 5.82 Å². The van der Waals surface area contributed by atoms with Gasteiger partial charge in [-0.05, 0) is 32.9 Å². The van der Waals surface area contributed by atoms with E-state index in [2.05, 4.69) is 10.2 Å². The number of hydrogen-bond acceptors (Lipinski definition) is 4. The summed E-state index contributed by atoms with van der Waals surface area (Å²) in [6, 6.07) is 8.13. The highest BCUT2D eigenvalue weighted by Gasteiger charge is 2.15. The van der Waals surface area contributed by atoms with Crippen LogP contribution in [0.5, 0.6) is 11.8 Å². The van der Waals surface area contributed by atoms with Crippen molar-refractivity contribution in [2.75, 3.05) is 0 Å². The summed E-state index contributed by atoms with van der Waals surface area (Å²) in [6.07, 6.45) is 0. The normalized spacial score (nSPS) is 12.4. The van der Waals surface area contributed by atoms with Crippen LogP contribution in [0.1, 0.15) is 31.3 Å². The summed E-state index contributed by atoms with van der Waals surface area (Å²) in [7, 11) is 0. The Hall–Kier alpha value is -1.88. The van der Waals surface area contributed by atoms with E-state index < -0.39 is 0 Å². The molecule has 5 heteroatoms. The van der Waals surface area contributed by atoms with Gasteiger partial charge in [0.1, 0.15) is 5.75 Å². The minimum absolute atomic E-state index is 0.159. The third-order valence-electron chi connectivity index (χ3n) is 2.70. The molecule has 0 radical (unpaired) electrons. The van der Waals surface area contributed by atoms with Crippen molar-refractivity contribution < 1.29 is 4.74 Å². The molecule has 2 N–H and O–H groups in total. The van der Waals surface area contributed by atoms with E-state index in [1.807, 2.05) is 49.6 Å². The van der Waals surface area contributed by atoms with Crippen molar-refractivity contribution in [3.05, 3.63) is 35.7 Å². The van der Waals surface area contributed by atoms with Crippen LogP contribution >= 0.6 is 0 Å². The van der Waals surface area contributed by atoms with Crippen molar-refractivity contribution in [2.24, 2.45) is 5.73 Å². The molecule has 0 unspecified atom stereocenters. The fraction of sp³-hybridized carbons (Fsp3) is 0.385. The highest BCUT2D eigenvalue weighted by atomic mass is 16.5. The molecule has 1 atom stereocenters. The number of nitrogens with zero attached hydrogens (tertiary/aromatic N) is 3. The van der Waals surface area contributed by atoms with Gasteiger partial charge in [-0.15, -0.1) is 5.10 Å². The summed E-state index contributed by atoms with van der Waals surface area (Å²) < 4.78 is 7.60. The highest BCUT2D eigenvalue weighted by molar-refractivity contribution is 5.28. The topological polar surface area (TPSA) is 66.0 Å². The number of nitrogens with two attached hydrogens (primary N) is 1. The number of aryl methyl sites for hydroxylation is 1. The highest BCUT2D eigenvalue weighted by Crippen LogP contribution is 2.22. The third-order valence-corrected chi connectivity index (χ3v) is 2.70. The Morgan fingerprint density at radius 1 is 1.28 bits per heavy atom. The lowest BCUT2D eigenvalue weighted by atomic mass is 10.2. The zero-order valence-corrected chi connectivity index (χ0v) is 10.9. The largest absolute Gasteiger partial charge is 0.424 e. The molecule has 0 bridgehead atoms. The van der Waals surface area contributed by atoms with Crippen LogP contribution in [-0.2, 0) is 6.54 Å². The second-order valence-corrected chi connectivity index (χ2v) is 4.29. The fourth-order valence-electron chi connectivity index (χ4n) is 1.72. The number of ether oxygens (including phenoxy) is 1. The van der Waals surface area contributed by atoms with E-state index in [1.165, 1.54) is 5.56 Å². The van der Waals surface area contributed by atoms with Gasteiger partial charge in [0.25, 0.3) is 0 Å². The summed E-state index contributed by atoms with van der Waals surface area (Å²) in [6.45, 7) is 6.65. The van der Waals surface area contributed by atoms with Crippen molar-refractivity contribution in [1.82, 2.24) is 14.8 Å². The molecule has 1 heterocycles. The zero-order valence-electron chi connectivity index (χ0n) is 10.9. The Bertz CT molecular complexity index is 516. The van der Waals surface area contributed by atoms with E-state index in [0.717, 1.165) is 18.1 Å². The molecule has 1 aromatic carbocycles. The molecule has 0 aliphatic rings. The number of benzene rings is 1. The van der Waals surface area contributed by atoms with Gasteiger partial charge >= 0.3 is 6.01 Å². The average Bonchev–Trinajstić information content (AvgIpc) is 2.75. The van der Waals surface area contributed by atoms with E-state index >= 15 is 0 Å². The fourth-order valence-corrected chi connectivity index (χ4v) is 1.72. The first-order chi connectivity index (χ1) is 8.61. The van der Waals surface area contributed by atoms with Crippen LogP contribution < -0.4 is 10.5 Å². The number of aromatic nitrogens is 3. The lowest BCUT2D eigenvalue weighted by molar-refractivity contribution is 0.409. The summed E-state index contributed by atoms with van der Waals surface area (Å²) in [5.41, 5.74) is 7.03. The Balaban J connectivity index is 2.26. The molecule has 0 fully saturated rings. The van der Waals surface area contributed by atoms with Crippen LogP contribution in [0.15, 0.2) is 24.3 Å². The molecule has 0 saturated carbocycles. The zero-order chi connectivity index (χ0) is 13.1. The minimum atomic E-state index is -0.159. The second kappa shape index (κ2) is 5.18. The van der Waals surface area contributed by atoms with Gasteiger partial charge in [-0.2, -0.15) is 0 Å². The molecule has 0 amide bonds. The van der Waals surface area contributed by atoms with Gasteiger partial charge in [0.2, 0.25) is 0 Å². The predicted octanol–water partition coefficient (Wildman–Crippen LogP) is 2.42. The predicted molar refractivity (Wildman–Crippen MR) is 69.6 cm³/mol. The monoisotopic (exact) mass is 246 g/mol. The van der Waals surface area contributed by atoms with Gasteiger partial charge in [-0.3, -0.25) is 4.57 Å². The standard InChI is InChI=1S/C13H18N4O/c1-4-17-12(10(3)14)15-16-13(17)18-11-7-5-9(2)6-8-11/h5-8,10H,4,14H2,1-3H3/t10-/m1/s1. The first-order valence-corrected chi connectivity index (χ1v) is 6.05. The first-order valence-electron chi connectivity index (χ1n) is 6.05. The molecular formula is C13H18N4O. The molecule has 0 aliphatic heterocycles. The van der Waals surface area contributed by atoms with Crippen LogP contribution in [0.3, 0.4) is 0 Å². The van der Waals surface area contributed by atoms with Crippen LogP contribution in [0.25, 0.3) is 0 Å². The molecule has 2 rings (SSSR count). The lowest BCUT2D eigenvalue weighted by Gasteiger charge is -2.10. The second-order valence-electron chi connectivity index (χ2n) is 4.29. The van der Waals surface area contributed by atoms with Gasteiger partial charge in [-0.1, -0.05) is 22.8 Å². The smallest absolute Gasteiger partial charge is 0.322 e. The van der Waals surface area contributed by atoms with E-state index in [-0.39, 0.29) is 6.04 Å². The SMILES string of the molecule is CCn1c(Oc2ccc(C)cc2)nnc1[C@@H](C)N. The van der Waals surface area contributed by atoms with Crippen molar-refractivity contribution in [3.8, 4) is 11.8 Å². The summed E-state index contributed by atoms with van der Waals surface area (Å²) in [4.78, 5) is 0. The van der Waals surface area contributed by atoms with Crippen molar-refractivity contribution >= 4 is 0 Å². The van der Waals surface area contributed by atoms with Crippen LogP contribution in [0.4, 0.5) is 0 Å². The van der Waals surface area contributed by atoms with Crippen LogP contribution in [0, 0.1) is 6.92 Å². The Morgan fingerprint density at radius 2 is 1.94 bits per heavy atom. The van der Waals surface area contributed by atoms with Gasteiger partial charge in [-0.25, -0.2) is 0 Å². The number of rotatable bonds is 4. The van der Waals surface area contributed by atoms with Gasteiger partial charge < -0.3 is 10.5 Å². The van der Waals surface area contributed by atoms with Gasteiger partial charge in [0, 0.05) is 6.54 Å². The van der Waals surface area contributed by atoms with E-state index in [0.29, 0.717) is 6.01 Å². The Kier molecular flexibility index (Phi) is 3.62. The Labute approximate surface area is 107 Å². The first kappa shape index (κ1) is 12.6. The third kappa shape index (κ3) is 2.51. The molecule has 96 valence electrons. The quantitative estimate of drug-likeness (QED) is 0.899. The molecule has 0 aliphatic carbocycles. The minimum Gasteiger partial charge on any atom is -0.424 e. The lowest BCUT2D eigenvalue weighted by Crippen LogP contribution is -2.13. The van der Waals surface area contributed by atoms with Crippen molar-refractivity contribution in [3.63, 3.8) is 0 Å². The van der Waals surface area contributed by atoms with Gasteiger partial charge in [0.05, 0.1) is 6.04 Å². The summed E-state index contributed by atoms with van der Waals surface area (Å²) in [5, 5.41) is 8.10. The van der Waals surface area contributed by atoms with Crippen molar-refractivity contribution in [1.29, 1.82) is 0 Å². The maximum Gasteiger partial charge on any atom is 0.322 e. The van der Waals surface area contributed by atoms with E-state index in [4.69, 9.17) is 10.5 Å². The molecule has 0 saturated heterocycles. The average molecular weight is 246 g/mol. The maximum atomic E-state index is 5.84. The molecule has 5 nitrogen and oxygen atoms in total. The van der Waals surface area contributed by atoms with E-state index in [9.17, 15) is 0 Å². The number of hydrogen-bond donors (Lipinski definition) is 1. The molecule has 0 spiro atoms. The summed E-state index contributed by atoms with van der Waals surface area (Å²) in [5.74, 6) is 1.48. The van der Waals surface area contributed by atoms with Crippen molar-refractivity contribution in [2.45, 2.75) is 33.4 Å². The molecule has 18 heavy (non-hydrogen) atoms. The maximum absolute atomic E-state index is 5.84. The molecule has 2 aromatic rings. The summed E-state index contributed by atoms with van der Waals surface area (Å²) >= 11 is 0. The van der Waals surface area contributed by atoms with Crippen LogP contribution in [-0.4, -0.2) is 14.8 Å². The molecular weight excluding hydrogens is 228 g/mol. The molecule has 1 aromatic heterocycles. The van der Waals surface area contributed by atoms with E-state index in [1.54, 1.807) is 0 Å².